The normalized spacial score (nSPS) is 10.4. The number of benzene rings is 1. The van der Waals surface area contributed by atoms with Crippen LogP contribution < -0.4 is 10.4 Å². The second-order valence-corrected chi connectivity index (χ2v) is 5.20. The largest absolute Gasteiger partial charge is 0.545 e. The van der Waals surface area contributed by atoms with E-state index in [1.807, 2.05) is 0 Å². The summed E-state index contributed by atoms with van der Waals surface area (Å²) in [6.45, 7) is 3.10. The summed E-state index contributed by atoms with van der Waals surface area (Å²) >= 11 is 0. The molecule has 9 nitrogen and oxygen atoms in total. The van der Waals surface area contributed by atoms with Crippen molar-refractivity contribution in [3.05, 3.63) is 56.9 Å². The van der Waals surface area contributed by atoms with Crippen LogP contribution in [0, 0.1) is 24.0 Å². The van der Waals surface area contributed by atoms with Gasteiger partial charge in [-0.05, 0) is 25.0 Å². The lowest BCUT2D eigenvalue weighted by Gasteiger charge is -2.08. The van der Waals surface area contributed by atoms with E-state index in [2.05, 4.69) is 10.4 Å². The molecule has 0 spiro atoms. The van der Waals surface area contributed by atoms with Crippen LogP contribution in [-0.4, -0.2) is 26.6 Å². The Hall–Kier alpha value is -3.23. The van der Waals surface area contributed by atoms with Crippen molar-refractivity contribution in [3.63, 3.8) is 0 Å². The van der Waals surface area contributed by atoms with Gasteiger partial charge in [-0.25, -0.2) is 0 Å². The SMILES string of the molecule is Cc1nn(CC(=O)NCc2ccc(C(=O)[O-])cc2)c(C)c1[N+](=O)[O-]. The van der Waals surface area contributed by atoms with E-state index in [1.54, 1.807) is 12.1 Å². The van der Waals surface area contributed by atoms with E-state index < -0.39 is 10.9 Å². The van der Waals surface area contributed by atoms with Gasteiger partial charge in [-0.3, -0.25) is 19.6 Å². The van der Waals surface area contributed by atoms with Gasteiger partial charge in [0.05, 0.1) is 10.9 Å². The highest BCUT2D eigenvalue weighted by molar-refractivity contribution is 5.85. The van der Waals surface area contributed by atoms with E-state index in [0.717, 1.165) is 0 Å². The predicted octanol–water partition coefficient (Wildman–Crippen LogP) is 0.0880. The molecule has 0 unspecified atom stereocenters. The van der Waals surface area contributed by atoms with Crippen molar-refractivity contribution in [1.82, 2.24) is 15.1 Å². The van der Waals surface area contributed by atoms with Gasteiger partial charge < -0.3 is 15.2 Å². The van der Waals surface area contributed by atoms with Crippen LogP contribution in [-0.2, 0) is 17.9 Å². The van der Waals surface area contributed by atoms with Crippen LogP contribution in [0.2, 0.25) is 0 Å². The molecule has 2 rings (SSSR count). The molecule has 0 bridgehead atoms. The Labute approximate surface area is 137 Å². The second kappa shape index (κ2) is 6.90. The molecule has 0 fully saturated rings. The number of carbonyl (C=O) groups is 2. The van der Waals surface area contributed by atoms with E-state index in [0.29, 0.717) is 11.3 Å². The molecule has 0 saturated carbocycles. The van der Waals surface area contributed by atoms with Crippen molar-refractivity contribution >= 4 is 17.6 Å². The molecular weight excluding hydrogens is 316 g/mol. The van der Waals surface area contributed by atoms with Crippen molar-refractivity contribution in [2.24, 2.45) is 0 Å². The van der Waals surface area contributed by atoms with Crippen molar-refractivity contribution < 1.29 is 19.6 Å². The average molecular weight is 331 g/mol. The van der Waals surface area contributed by atoms with Crippen LogP contribution >= 0.6 is 0 Å². The zero-order valence-corrected chi connectivity index (χ0v) is 13.1. The lowest BCUT2D eigenvalue weighted by Crippen LogP contribution is -2.28. The first kappa shape index (κ1) is 17.1. The molecule has 0 aliphatic rings. The molecule has 0 aliphatic carbocycles. The number of rotatable bonds is 6. The van der Waals surface area contributed by atoms with Crippen LogP contribution in [0.5, 0.6) is 0 Å². The standard InChI is InChI=1S/C15H16N4O5/c1-9-14(19(23)24)10(2)18(17-9)8-13(20)16-7-11-3-5-12(6-4-11)15(21)22/h3-6H,7-8H2,1-2H3,(H,16,20)(H,21,22)/p-1. The van der Waals surface area contributed by atoms with Crippen molar-refractivity contribution in [2.45, 2.75) is 26.9 Å². The first-order valence-electron chi connectivity index (χ1n) is 7.05. The van der Waals surface area contributed by atoms with Crippen LogP contribution in [0.25, 0.3) is 0 Å². The number of nitrogens with one attached hydrogen (secondary N) is 1. The van der Waals surface area contributed by atoms with Crippen molar-refractivity contribution in [3.8, 4) is 0 Å². The lowest BCUT2D eigenvalue weighted by molar-refractivity contribution is -0.386. The van der Waals surface area contributed by atoms with E-state index in [1.165, 1.54) is 30.7 Å². The Bertz CT molecular complexity index is 795. The number of hydrogen-bond acceptors (Lipinski definition) is 6. The van der Waals surface area contributed by atoms with Gasteiger partial charge in [0.2, 0.25) is 5.91 Å². The third-order valence-electron chi connectivity index (χ3n) is 3.50. The van der Waals surface area contributed by atoms with Crippen LogP contribution in [0.1, 0.15) is 27.3 Å². The van der Waals surface area contributed by atoms with E-state index in [9.17, 15) is 24.8 Å². The minimum atomic E-state index is -1.27. The summed E-state index contributed by atoms with van der Waals surface area (Å²) in [5.41, 5.74) is 1.24. The fraction of sp³-hybridized carbons (Fsp3) is 0.267. The molecule has 2 aromatic rings. The van der Waals surface area contributed by atoms with Crippen LogP contribution in [0.4, 0.5) is 5.69 Å². The summed E-state index contributed by atoms with van der Waals surface area (Å²) in [7, 11) is 0. The van der Waals surface area contributed by atoms with E-state index in [4.69, 9.17) is 0 Å². The van der Waals surface area contributed by atoms with Crippen LogP contribution in [0.15, 0.2) is 24.3 Å². The molecule has 126 valence electrons. The van der Waals surface area contributed by atoms with Gasteiger partial charge in [0.1, 0.15) is 17.9 Å². The summed E-state index contributed by atoms with van der Waals surface area (Å²) in [6, 6.07) is 5.92. The maximum atomic E-state index is 12.0. The first-order valence-corrected chi connectivity index (χ1v) is 7.05. The number of nitro groups is 1. The van der Waals surface area contributed by atoms with Gasteiger partial charge in [-0.2, -0.15) is 5.10 Å². The summed E-state index contributed by atoms with van der Waals surface area (Å²) in [5, 5.41) is 28.2. The molecule has 1 aromatic heterocycles. The molecule has 0 atom stereocenters. The quantitative estimate of drug-likeness (QED) is 0.589. The molecule has 0 aliphatic heterocycles. The fourth-order valence-electron chi connectivity index (χ4n) is 2.26. The fourth-order valence-corrected chi connectivity index (χ4v) is 2.26. The van der Waals surface area contributed by atoms with Crippen molar-refractivity contribution in [1.29, 1.82) is 0 Å². The smallest absolute Gasteiger partial charge is 0.312 e. The second-order valence-electron chi connectivity index (χ2n) is 5.20. The van der Waals surface area contributed by atoms with Gasteiger partial charge >= 0.3 is 5.69 Å². The minimum Gasteiger partial charge on any atom is -0.545 e. The zero-order valence-electron chi connectivity index (χ0n) is 13.1. The Balaban J connectivity index is 1.98. The Kier molecular flexibility index (Phi) is 4.93. The van der Waals surface area contributed by atoms with Crippen molar-refractivity contribution in [2.75, 3.05) is 0 Å². The monoisotopic (exact) mass is 331 g/mol. The molecule has 0 saturated heterocycles. The number of amides is 1. The molecule has 1 N–H and O–H groups in total. The summed E-state index contributed by atoms with van der Waals surface area (Å²) in [6.07, 6.45) is 0. The average Bonchev–Trinajstić information content (AvgIpc) is 2.79. The molecule has 1 heterocycles. The molecule has 0 radical (unpaired) electrons. The molecular formula is C15H15N4O5-. The number of nitrogens with zero attached hydrogens (tertiary/aromatic N) is 3. The third kappa shape index (κ3) is 3.75. The number of aromatic carboxylic acids is 1. The summed E-state index contributed by atoms with van der Waals surface area (Å²) < 4.78 is 1.28. The van der Waals surface area contributed by atoms with Gasteiger partial charge in [-0.15, -0.1) is 0 Å². The van der Waals surface area contributed by atoms with Gasteiger partial charge in [-0.1, -0.05) is 24.3 Å². The number of carboxylic acid groups (broad SMARTS) is 1. The first-order chi connectivity index (χ1) is 11.3. The van der Waals surface area contributed by atoms with E-state index >= 15 is 0 Å². The third-order valence-corrected chi connectivity index (χ3v) is 3.50. The molecule has 1 aromatic carbocycles. The number of aryl methyl sites for hydroxylation is 1. The molecule has 9 heteroatoms. The Morgan fingerprint density at radius 1 is 1.25 bits per heavy atom. The maximum Gasteiger partial charge on any atom is 0.312 e. The highest BCUT2D eigenvalue weighted by atomic mass is 16.6. The lowest BCUT2D eigenvalue weighted by atomic mass is 10.1. The zero-order chi connectivity index (χ0) is 17.9. The summed E-state index contributed by atoms with van der Waals surface area (Å²) in [5.74, 6) is -1.63. The highest BCUT2D eigenvalue weighted by Crippen LogP contribution is 2.21. The molecule has 1 amide bonds. The number of carbonyl (C=O) groups excluding carboxylic acids is 2. The number of carboxylic acids is 1. The Morgan fingerprint density at radius 3 is 2.38 bits per heavy atom. The van der Waals surface area contributed by atoms with E-state index in [-0.39, 0.29) is 35.9 Å². The van der Waals surface area contributed by atoms with Crippen LogP contribution in [0.3, 0.4) is 0 Å². The van der Waals surface area contributed by atoms with Gasteiger partial charge in [0, 0.05) is 6.54 Å². The van der Waals surface area contributed by atoms with Gasteiger partial charge in [0.25, 0.3) is 0 Å². The number of hydrogen-bond donors (Lipinski definition) is 1. The highest BCUT2D eigenvalue weighted by Gasteiger charge is 2.22. The number of aromatic nitrogens is 2. The Morgan fingerprint density at radius 2 is 1.88 bits per heavy atom. The molecule has 24 heavy (non-hydrogen) atoms. The minimum absolute atomic E-state index is 0.0556. The van der Waals surface area contributed by atoms with Gasteiger partial charge in [0.15, 0.2) is 0 Å². The summed E-state index contributed by atoms with van der Waals surface area (Å²) in [4.78, 5) is 33.0. The topological polar surface area (TPSA) is 130 Å². The predicted molar refractivity (Wildman–Crippen MR) is 81.0 cm³/mol. The maximum absolute atomic E-state index is 12.0.